The van der Waals surface area contributed by atoms with Gasteiger partial charge in [-0.3, -0.25) is 4.90 Å². The van der Waals surface area contributed by atoms with Gasteiger partial charge in [-0.2, -0.15) is 0 Å². The lowest BCUT2D eigenvalue weighted by Crippen LogP contribution is -2.44. The molecule has 1 fully saturated rings. The molecule has 1 aromatic heterocycles. The Hall–Kier alpha value is -0.160. The SMILES string of the molecule is C[C@@H]1CN(Cc2cnc(Cl)s2)C[C@@H](C)O1. The van der Waals surface area contributed by atoms with Crippen molar-refractivity contribution in [2.75, 3.05) is 13.1 Å². The summed E-state index contributed by atoms with van der Waals surface area (Å²) in [5.74, 6) is 0. The molecule has 1 aliphatic heterocycles. The summed E-state index contributed by atoms with van der Waals surface area (Å²) in [6.45, 7) is 7.13. The molecule has 0 spiro atoms. The molecule has 0 N–H and O–H groups in total. The number of aromatic nitrogens is 1. The summed E-state index contributed by atoms with van der Waals surface area (Å²) in [5, 5.41) is 0. The van der Waals surface area contributed by atoms with Gasteiger partial charge < -0.3 is 4.74 Å². The fraction of sp³-hybridized carbons (Fsp3) is 0.700. The topological polar surface area (TPSA) is 25.4 Å². The molecule has 0 unspecified atom stereocenters. The summed E-state index contributed by atoms with van der Waals surface area (Å²) >= 11 is 7.36. The van der Waals surface area contributed by atoms with Crippen molar-refractivity contribution in [2.45, 2.75) is 32.6 Å². The minimum atomic E-state index is 0.317. The first-order chi connectivity index (χ1) is 7.13. The zero-order chi connectivity index (χ0) is 10.8. The van der Waals surface area contributed by atoms with Gasteiger partial charge in [0.15, 0.2) is 4.47 Å². The van der Waals surface area contributed by atoms with Gasteiger partial charge in [0.1, 0.15) is 0 Å². The van der Waals surface area contributed by atoms with E-state index in [9.17, 15) is 0 Å². The second kappa shape index (κ2) is 4.78. The van der Waals surface area contributed by atoms with E-state index in [0.717, 1.165) is 19.6 Å². The van der Waals surface area contributed by atoms with Crippen LogP contribution in [0.1, 0.15) is 18.7 Å². The fourth-order valence-electron chi connectivity index (χ4n) is 1.99. The van der Waals surface area contributed by atoms with Crippen LogP contribution in [0.5, 0.6) is 0 Å². The average molecular weight is 247 g/mol. The maximum atomic E-state index is 5.80. The van der Waals surface area contributed by atoms with Crippen LogP contribution in [0.25, 0.3) is 0 Å². The zero-order valence-corrected chi connectivity index (χ0v) is 10.5. The maximum absolute atomic E-state index is 5.80. The lowest BCUT2D eigenvalue weighted by atomic mass is 10.2. The molecule has 2 atom stereocenters. The number of halogens is 1. The lowest BCUT2D eigenvalue weighted by Gasteiger charge is -2.34. The molecule has 0 amide bonds. The molecule has 15 heavy (non-hydrogen) atoms. The van der Waals surface area contributed by atoms with Crippen molar-refractivity contribution in [1.82, 2.24) is 9.88 Å². The summed E-state index contributed by atoms with van der Waals surface area (Å²) in [4.78, 5) is 7.66. The fourth-order valence-corrected chi connectivity index (χ4v) is 3.01. The first-order valence-electron chi connectivity index (χ1n) is 5.11. The summed E-state index contributed by atoms with van der Waals surface area (Å²) in [7, 11) is 0. The van der Waals surface area contributed by atoms with E-state index < -0.39 is 0 Å². The Kier molecular flexibility index (Phi) is 3.61. The molecule has 2 heterocycles. The number of ether oxygens (including phenoxy) is 1. The third kappa shape index (κ3) is 3.14. The maximum Gasteiger partial charge on any atom is 0.183 e. The molecule has 0 radical (unpaired) electrons. The highest BCUT2D eigenvalue weighted by Crippen LogP contribution is 2.21. The standard InChI is InChI=1S/C10H15ClN2OS/c1-7-4-13(5-8(2)14-7)6-9-3-12-10(11)15-9/h3,7-8H,4-6H2,1-2H3/t7-,8-/m1/s1. The predicted molar refractivity (Wildman–Crippen MR) is 62.4 cm³/mol. The number of rotatable bonds is 2. The minimum Gasteiger partial charge on any atom is -0.373 e. The summed E-state index contributed by atoms with van der Waals surface area (Å²) in [6.07, 6.45) is 2.49. The Morgan fingerprint density at radius 3 is 2.73 bits per heavy atom. The second-order valence-electron chi connectivity index (χ2n) is 4.03. The van der Waals surface area contributed by atoms with Crippen molar-refractivity contribution >= 4 is 22.9 Å². The molecule has 0 bridgehead atoms. The number of thiazole rings is 1. The Bertz CT molecular complexity index is 321. The molecular weight excluding hydrogens is 232 g/mol. The van der Waals surface area contributed by atoms with E-state index >= 15 is 0 Å². The summed E-state index contributed by atoms with van der Waals surface area (Å²) < 4.78 is 6.30. The lowest BCUT2D eigenvalue weighted by molar-refractivity contribution is -0.0702. The molecule has 5 heteroatoms. The molecular formula is C10H15ClN2OS. The largest absolute Gasteiger partial charge is 0.373 e. The Labute approximate surface area is 99.0 Å². The monoisotopic (exact) mass is 246 g/mol. The van der Waals surface area contributed by atoms with Crippen molar-refractivity contribution in [1.29, 1.82) is 0 Å². The Balaban J connectivity index is 1.94. The predicted octanol–water partition coefficient (Wildman–Crippen LogP) is 2.41. The average Bonchev–Trinajstić information content (AvgIpc) is 2.49. The number of hydrogen-bond donors (Lipinski definition) is 0. The molecule has 2 rings (SSSR count). The summed E-state index contributed by atoms with van der Waals surface area (Å²) in [5.41, 5.74) is 0. The Morgan fingerprint density at radius 1 is 1.53 bits per heavy atom. The van der Waals surface area contributed by atoms with E-state index in [4.69, 9.17) is 16.3 Å². The van der Waals surface area contributed by atoms with Crippen LogP contribution in [-0.2, 0) is 11.3 Å². The van der Waals surface area contributed by atoms with Crippen LogP contribution in [0, 0.1) is 0 Å². The minimum absolute atomic E-state index is 0.317. The van der Waals surface area contributed by atoms with Crippen molar-refractivity contribution in [3.05, 3.63) is 15.5 Å². The van der Waals surface area contributed by atoms with Crippen LogP contribution in [0.3, 0.4) is 0 Å². The highest BCUT2D eigenvalue weighted by Gasteiger charge is 2.22. The van der Waals surface area contributed by atoms with E-state index in [2.05, 4.69) is 23.7 Å². The molecule has 3 nitrogen and oxygen atoms in total. The van der Waals surface area contributed by atoms with Crippen molar-refractivity contribution in [2.24, 2.45) is 0 Å². The summed E-state index contributed by atoms with van der Waals surface area (Å²) in [6, 6.07) is 0. The van der Waals surface area contributed by atoms with Crippen molar-refractivity contribution < 1.29 is 4.74 Å². The van der Waals surface area contributed by atoms with Crippen LogP contribution in [-0.4, -0.2) is 35.2 Å². The number of morpholine rings is 1. The molecule has 0 aromatic carbocycles. The normalized spacial score (nSPS) is 28.2. The first kappa shape index (κ1) is 11.3. The van der Waals surface area contributed by atoms with Gasteiger partial charge in [-0.15, -0.1) is 11.3 Å². The van der Waals surface area contributed by atoms with Crippen molar-refractivity contribution in [3.8, 4) is 0 Å². The third-order valence-electron chi connectivity index (χ3n) is 2.40. The highest BCUT2D eigenvalue weighted by atomic mass is 35.5. The highest BCUT2D eigenvalue weighted by molar-refractivity contribution is 7.15. The van der Waals surface area contributed by atoms with Gasteiger partial charge in [-0.25, -0.2) is 4.98 Å². The first-order valence-corrected chi connectivity index (χ1v) is 6.31. The van der Waals surface area contributed by atoms with Crippen molar-refractivity contribution in [3.63, 3.8) is 0 Å². The molecule has 1 aromatic rings. The van der Waals surface area contributed by atoms with Crippen LogP contribution in [0.4, 0.5) is 0 Å². The van der Waals surface area contributed by atoms with E-state index in [1.54, 1.807) is 11.3 Å². The molecule has 0 aliphatic carbocycles. The second-order valence-corrected chi connectivity index (χ2v) is 5.73. The van der Waals surface area contributed by atoms with Crippen LogP contribution < -0.4 is 0 Å². The van der Waals surface area contributed by atoms with Crippen LogP contribution in [0.15, 0.2) is 6.20 Å². The molecule has 1 saturated heterocycles. The van der Waals surface area contributed by atoms with Gasteiger partial charge in [0.2, 0.25) is 0 Å². The van der Waals surface area contributed by atoms with E-state index in [1.165, 1.54) is 4.88 Å². The number of nitrogens with zero attached hydrogens (tertiary/aromatic N) is 2. The Morgan fingerprint density at radius 2 is 2.20 bits per heavy atom. The van der Waals surface area contributed by atoms with Gasteiger partial charge >= 0.3 is 0 Å². The van der Waals surface area contributed by atoms with Gasteiger partial charge in [0, 0.05) is 30.7 Å². The quantitative estimate of drug-likeness (QED) is 0.801. The van der Waals surface area contributed by atoms with Gasteiger partial charge in [0.25, 0.3) is 0 Å². The molecule has 0 saturated carbocycles. The van der Waals surface area contributed by atoms with E-state index in [-0.39, 0.29) is 0 Å². The van der Waals surface area contributed by atoms with E-state index in [1.807, 2.05) is 6.20 Å². The van der Waals surface area contributed by atoms with Gasteiger partial charge in [-0.1, -0.05) is 11.6 Å². The zero-order valence-electron chi connectivity index (χ0n) is 8.94. The van der Waals surface area contributed by atoms with Crippen LogP contribution in [0.2, 0.25) is 4.47 Å². The molecule has 1 aliphatic rings. The van der Waals surface area contributed by atoms with Gasteiger partial charge in [0.05, 0.1) is 12.2 Å². The van der Waals surface area contributed by atoms with Gasteiger partial charge in [-0.05, 0) is 13.8 Å². The number of hydrogen-bond acceptors (Lipinski definition) is 4. The third-order valence-corrected chi connectivity index (χ3v) is 3.50. The smallest absolute Gasteiger partial charge is 0.183 e. The van der Waals surface area contributed by atoms with E-state index in [0.29, 0.717) is 16.7 Å². The molecule has 84 valence electrons. The van der Waals surface area contributed by atoms with Crippen LogP contribution >= 0.6 is 22.9 Å².